The second-order valence-electron chi connectivity index (χ2n) is 8.90. The average Bonchev–Trinajstić information content (AvgIpc) is 3.48. The molecule has 1 aliphatic heterocycles. The molecule has 4 heterocycles. The molecule has 196 valence electrons. The molecule has 1 aliphatic rings. The van der Waals surface area contributed by atoms with E-state index >= 15 is 0 Å². The van der Waals surface area contributed by atoms with Gasteiger partial charge in [-0.25, -0.2) is 28.7 Å². The minimum absolute atomic E-state index is 0. The Bertz CT molecular complexity index is 1420. The molecule has 1 N–H and O–H groups in total. The summed E-state index contributed by atoms with van der Waals surface area (Å²) in [5.74, 6) is -0.102. The van der Waals surface area contributed by atoms with Gasteiger partial charge in [-0.1, -0.05) is 0 Å². The van der Waals surface area contributed by atoms with Crippen molar-refractivity contribution in [2.24, 2.45) is 0 Å². The number of benzene rings is 1. The molecule has 0 aliphatic carbocycles. The number of amides is 1. The van der Waals surface area contributed by atoms with Crippen LogP contribution in [0.2, 0.25) is 0 Å². The zero-order valence-corrected chi connectivity index (χ0v) is 24.7. The molecule has 1 amide bonds. The van der Waals surface area contributed by atoms with Crippen molar-refractivity contribution in [3.8, 4) is 11.3 Å². The molecule has 0 saturated carbocycles. The number of aryl methyl sites for hydroxylation is 1. The second kappa shape index (κ2) is 12.7. The third kappa shape index (κ3) is 6.03. The van der Waals surface area contributed by atoms with Crippen molar-refractivity contribution in [3.05, 3.63) is 74.5 Å². The monoisotopic (exact) mass is 530 g/mol. The molecule has 0 radical (unpaired) electrons. The Balaban J connectivity index is 0.00000169. The minimum Gasteiger partial charge on any atom is -0.358 e. The fraction of sp³-hybridized carbons (Fsp3) is 0.296. The van der Waals surface area contributed by atoms with E-state index in [0.29, 0.717) is 22.7 Å². The number of nitrogens with zero attached hydrogens (tertiary/aromatic N) is 6. The van der Waals surface area contributed by atoms with Crippen LogP contribution in [0.4, 0.5) is 20.5 Å². The third-order valence-corrected chi connectivity index (χ3v) is 6.10. The Labute approximate surface area is 244 Å². The van der Waals surface area contributed by atoms with Gasteiger partial charge in [0.05, 0.1) is 17.3 Å². The van der Waals surface area contributed by atoms with Gasteiger partial charge in [0.25, 0.3) is 5.91 Å². The molecule has 5 rings (SSSR count). The summed E-state index contributed by atoms with van der Waals surface area (Å²) < 4.78 is 31.5. The number of rotatable bonds is 5. The summed E-state index contributed by atoms with van der Waals surface area (Å²) in [4.78, 5) is 31.2. The Kier molecular flexibility index (Phi) is 10.5. The summed E-state index contributed by atoms with van der Waals surface area (Å²) in [5, 5.41) is 2.93. The SMILES string of the molecule is Cc1nc2c(F)cc(-c3nc(Nc4ccc(C(=O)N5CCCC5)cn4)ncc3F)cc2n1C(C)C.[CH3-].[CH3-].[Na+]. The van der Waals surface area contributed by atoms with E-state index in [9.17, 15) is 13.6 Å². The van der Waals surface area contributed by atoms with Gasteiger partial charge in [0.1, 0.15) is 22.9 Å². The Hall–Kier alpha value is -2.95. The molecule has 1 aromatic carbocycles. The maximum absolute atomic E-state index is 14.9. The standard InChI is InChI=1S/C25H25F2N7O.2CH3.Na/c1-14(2)34-15(3)30-23-18(26)10-17(11-20(23)34)22-19(27)13-29-25(32-22)31-21-7-6-16(12-28-21)24(35)33-8-4-5-9-33;;;/h6-7,10-14H,4-5,8-9H2,1-3H3,(H,28,29,31,32);2*1H3;/q;2*-1;+1. The van der Waals surface area contributed by atoms with Crippen molar-refractivity contribution in [1.29, 1.82) is 0 Å². The second-order valence-corrected chi connectivity index (χ2v) is 8.90. The first-order valence-corrected chi connectivity index (χ1v) is 11.5. The molecule has 38 heavy (non-hydrogen) atoms. The summed E-state index contributed by atoms with van der Waals surface area (Å²) >= 11 is 0. The number of carbonyl (C=O) groups is 1. The zero-order chi connectivity index (χ0) is 24.7. The van der Waals surface area contributed by atoms with Crippen LogP contribution in [-0.4, -0.2) is 48.4 Å². The van der Waals surface area contributed by atoms with E-state index in [0.717, 1.165) is 32.1 Å². The summed E-state index contributed by atoms with van der Waals surface area (Å²) in [5.41, 5.74) is 1.54. The minimum atomic E-state index is -0.679. The molecular formula is C27H31F2N7NaO-. The molecule has 11 heteroatoms. The van der Waals surface area contributed by atoms with E-state index in [1.807, 2.05) is 30.2 Å². The predicted molar refractivity (Wildman–Crippen MR) is 141 cm³/mol. The van der Waals surface area contributed by atoms with Gasteiger partial charge in [-0.05, 0) is 57.9 Å². The molecule has 0 bridgehead atoms. The number of imidazole rings is 1. The van der Waals surface area contributed by atoms with Crippen molar-refractivity contribution in [1.82, 2.24) is 29.4 Å². The van der Waals surface area contributed by atoms with Crippen LogP contribution in [0.3, 0.4) is 0 Å². The number of hydrogen-bond donors (Lipinski definition) is 1. The van der Waals surface area contributed by atoms with Gasteiger partial charge in [-0.15, -0.1) is 0 Å². The van der Waals surface area contributed by atoms with Gasteiger partial charge in [0, 0.05) is 30.9 Å². The van der Waals surface area contributed by atoms with Crippen LogP contribution in [0.5, 0.6) is 0 Å². The van der Waals surface area contributed by atoms with Crippen LogP contribution in [0.15, 0.2) is 36.7 Å². The molecule has 0 atom stereocenters. The number of carbonyl (C=O) groups excluding carboxylic acids is 1. The normalized spacial score (nSPS) is 12.6. The van der Waals surface area contributed by atoms with E-state index in [4.69, 9.17) is 0 Å². The van der Waals surface area contributed by atoms with Crippen molar-refractivity contribution >= 4 is 28.7 Å². The molecule has 8 nitrogen and oxygen atoms in total. The first-order chi connectivity index (χ1) is 16.8. The molecular weight excluding hydrogens is 499 g/mol. The molecule has 0 spiro atoms. The summed E-state index contributed by atoms with van der Waals surface area (Å²) in [7, 11) is 0. The van der Waals surface area contributed by atoms with Gasteiger partial charge >= 0.3 is 29.6 Å². The van der Waals surface area contributed by atoms with E-state index in [-0.39, 0.29) is 79.1 Å². The van der Waals surface area contributed by atoms with Crippen LogP contribution in [0.1, 0.15) is 48.9 Å². The predicted octanol–water partition coefficient (Wildman–Crippen LogP) is 2.94. The maximum Gasteiger partial charge on any atom is 1.00 e. The van der Waals surface area contributed by atoms with Crippen molar-refractivity contribution in [2.75, 3.05) is 18.4 Å². The molecule has 1 fully saturated rings. The van der Waals surface area contributed by atoms with Crippen molar-refractivity contribution in [2.45, 2.75) is 39.7 Å². The zero-order valence-electron chi connectivity index (χ0n) is 22.7. The van der Waals surface area contributed by atoms with Crippen LogP contribution < -0.4 is 34.9 Å². The summed E-state index contributed by atoms with van der Waals surface area (Å²) in [6.45, 7) is 7.28. The molecule has 0 unspecified atom stereocenters. The fourth-order valence-corrected chi connectivity index (χ4v) is 4.50. The van der Waals surface area contributed by atoms with E-state index in [1.165, 1.54) is 12.3 Å². The third-order valence-electron chi connectivity index (χ3n) is 6.10. The number of likely N-dealkylation sites (tertiary alicyclic amines) is 1. The largest absolute Gasteiger partial charge is 1.00 e. The summed E-state index contributed by atoms with van der Waals surface area (Å²) in [6, 6.07) is 6.29. The van der Waals surface area contributed by atoms with Crippen LogP contribution in [0.25, 0.3) is 22.3 Å². The number of anilines is 2. The first kappa shape index (κ1) is 31.3. The van der Waals surface area contributed by atoms with Crippen molar-refractivity contribution < 1.29 is 43.1 Å². The summed E-state index contributed by atoms with van der Waals surface area (Å²) in [6.07, 6.45) is 4.55. The maximum atomic E-state index is 14.9. The van der Waals surface area contributed by atoms with Gasteiger partial charge in [-0.3, -0.25) is 4.79 Å². The first-order valence-electron chi connectivity index (χ1n) is 11.5. The van der Waals surface area contributed by atoms with E-state index in [1.54, 1.807) is 18.2 Å². The van der Waals surface area contributed by atoms with Gasteiger partial charge in [-0.2, -0.15) is 0 Å². The molecule has 3 aromatic heterocycles. The van der Waals surface area contributed by atoms with E-state index < -0.39 is 11.6 Å². The van der Waals surface area contributed by atoms with Gasteiger partial charge in [0.2, 0.25) is 5.95 Å². The van der Waals surface area contributed by atoms with Crippen LogP contribution >= 0.6 is 0 Å². The van der Waals surface area contributed by atoms with E-state index in [2.05, 4.69) is 25.3 Å². The van der Waals surface area contributed by atoms with Gasteiger partial charge < -0.3 is 29.6 Å². The number of aromatic nitrogens is 5. The number of fused-ring (bicyclic) bond motifs is 1. The Morgan fingerprint density at radius 3 is 2.34 bits per heavy atom. The van der Waals surface area contributed by atoms with Crippen LogP contribution in [0, 0.1) is 33.4 Å². The Morgan fingerprint density at radius 1 is 1.00 bits per heavy atom. The quantitative estimate of drug-likeness (QED) is 0.315. The van der Waals surface area contributed by atoms with Crippen molar-refractivity contribution in [3.63, 3.8) is 0 Å². The Morgan fingerprint density at radius 2 is 1.71 bits per heavy atom. The topological polar surface area (TPSA) is 88.8 Å². The smallest absolute Gasteiger partial charge is 0.358 e. The molecule has 4 aromatic rings. The average molecular weight is 531 g/mol. The number of hydrogen-bond acceptors (Lipinski definition) is 6. The number of nitrogens with one attached hydrogen (secondary N) is 1. The number of halogens is 2. The molecule has 1 saturated heterocycles. The van der Waals surface area contributed by atoms with Gasteiger partial charge in [0.15, 0.2) is 11.6 Å². The number of pyridine rings is 1. The van der Waals surface area contributed by atoms with Crippen LogP contribution in [-0.2, 0) is 0 Å². The fourth-order valence-electron chi connectivity index (χ4n) is 4.50.